The molecule has 7 heteroatoms. The predicted octanol–water partition coefficient (Wildman–Crippen LogP) is 2.10. The largest absolute Gasteiger partial charge is 0.444 e. The van der Waals surface area contributed by atoms with Crippen molar-refractivity contribution < 1.29 is 19.0 Å². The van der Waals surface area contributed by atoms with E-state index in [4.69, 9.17) is 9.63 Å². The molecule has 17 heavy (non-hydrogen) atoms. The van der Waals surface area contributed by atoms with E-state index in [1.54, 1.807) is 32.5 Å². The van der Waals surface area contributed by atoms with Crippen LogP contribution in [0, 0.1) is 0 Å². The Morgan fingerprint density at radius 1 is 1.53 bits per heavy atom. The van der Waals surface area contributed by atoms with Crippen molar-refractivity contribution in [3.8, 4) is 0 Å². The van der Waals surface area contributed by atoms with Gasteiger partial charge >= 0.3 is 6.09 Å². The van der Waals surface area contributed by atoms with Gasteiger partial charge in [0.25, 0.3) is 0 Å². The maximum atomic E-state index is 11.4. The van der Waals surface area contributed by atoms with E-state index < -0.39 is 19.7 Å². The van der Waals surface area contributed by atoms with Gasteiger partial charge < -0.3 is 14.9 Å². The molecule has 0 aliphatic heterocycles. The summed E-state index contributed by atoms with van der Waals surface area (Å²) in [7, 11) is -2.41. The molecule has 0 aromatic rings. The summed E-state index contributed by atoms with van der Waals surface area (Å²) < 4.78 is 15.7. The predicted molar refractivity (Wildman–Crippen MR) is 72.2 cm³/mol. The molecule has 0 aliphatic rings. The maximum Gasteiger partial charge on any atom is 0.407 e. The topological polar surface area (TPSA) is 75.6 Å². The van der Waals surface area contributed by atoms with Gasteiger partial charge in [-0.2, -0.15) is 11.8 Å². The number of nitrogens with one attached hydrogen (secondary N) is 1. The molecular formula is C10H22NO4PS. The number of carbonyl (C=O) groups is 1. The van der Waals surface area contributed by atoms with Gasteiger partial charge in [0.05, 0.1) is 0 Å². The lowest BCUT2D eigenvalue weighted by Gasteiger charge is -2.21. The van der Waals surface area contributed by atoms with Crippen molar-refractivity contribution in [2.24, 2.45) is 0 Å². The Balaban J connectivity index is 3.90. The molecule has 0 saturated carbocycles. The Labute approximate surface area is 108 Å². The van der Waals surface area contributed by atoms with E-state index in [2.05, 4.69) is 5.32 Å². The molecule has 2 N–H and O–H groups in total. The van der Waals surface area contributed by atoms with E-state index in [-0.39, 0.29) is 5.25 Å². The average molecular weight is 283 g/mol. The van der Waals surface area contributed by atoms with Gasteiger partial charge in [0.15, 0.2) is 8.03 Å². The van der Waals surface area contributed by atoms with Crippen LogP contribution in [-0.4, -0.2) is 40.8 Å². The van der Waals surface area contributed by atoms with Gasteiger partial charge in [-0.05, 0) is 33.4 Å². The van der Waals surface area contributed by atoms with E-state index in [9.17, 15) is 9.36 Å². The van der Waals surface area contributed by atoms with Crippen molar-refractivity contribution in [2.75, 3.05) is 19.0 Å². The fourth-order valence-corrected chi connectivity index (χ4v) is 2.51. The molecule has 0 radical (unpaired) electrons. The molecule has 0 saturated heterocycles. The Morgan fingerprint density at radius 3 is 2.53 bits per heavy atom. The van der Waals surface area contributed by atoms with Gasteiger partial charge in [0.2, 0.25) is 0 Å². The lowest BCUT2D eigenvalue weighted by Crippen LogP contribution is -2.36. The molecule has 0 heterocycles. The molecule has 0 fully saturated rings. The lowest BCUT2D eigenvalue weighted by atomic mass is 10.2. The van der Waals surface area contributed by atoms with E-state index >= 15 is 0 Å². The molecule has 0 aliphatic carbocycles. The lowest BCUT2D eigenvalue weighted by molar-refractivity contribution is 0.0528. The van der Waals surface area contributed by atoms with Crippen LogP contribution in [-0.2, 0) is 9.30 Å². The number of thioether (sulfide) groups is 1. The minimum atomic E-state index is -2.41. The summed E-state index contributed by atoms with van der Waals surface area (Å²) in [5.74, 6) is 0. The van der Waals surface area contributed by atoms with Crippen molar-refractivity contribution in [3.63, 3.8) is 0 Å². The molecule has 0 spiro atoms. The first kappa shape index (κ1) is 16.8. The normalized spacial score (nSPS) is 15.1. The van der Waals surface area contributed by atoms with Crippen LogP contribution in [0.1, 0.15) is 27.2 Å². The Bertz CT molecular complexity index is 268. The van der Waals surface area contributed by atoms with Crippen LogP contribution in [0.5, 0.6) is 0 Å². The van der Waals surface area contributed by atoms with Crippen molar-refractivity contribution in [1.29, 1.82) is 0 Å². The summed E-state index contributed by atoms with van der Waals surface area (Å²) in [4.78, 5) is 20.1. The first-order valence-electron chi connectivity index (χ1n) is 5.46. The van der Waals surface area contributed by atoms with Gasteiger partial charge in [-0.1, -0.05) is 0 Å². The van der Waals surface area contributed by atoms with E-state index in [0.717, 1.165) is 0 Å². The highest BCUT2D eigenvalue weighted by Gasteiger charge is 2.17. The monoisotopic (exact) mass is 283 g/mol. The second-order valence-electron chi connectivity index (χ2n) is 4.67. The van der Waals surface area contributed by atoms with Gasteiger partial charge in [-0.25, -0.2) is 4.79 Å². The number of rotatable bonds is 6. The number of hydrogen-bond acceptors (Lipinski definition) is 4. The summed E-state index contributed by atoms with van der Waals surface area (Å²) in [5.41, 5.74) is -0.505. The number of amides is 1. The van der Waals surface area contributed by atoms with Gasteiger partial charge in [-0.3, -0.25) is 4.57 Å². The molecular weight excluding hydrogens is 261 g/mol. The van der Waals surface area contributed by atoms with Gasteiger partial charge in [-0.15, -0.1) is 0 Å². The zero-order valence-electron chi connectivity index (χ0n) is 10.8. The minimum absolute atomic E-state index is 0.142. The van der Waals surface area contributed by atoms with E-state index in [1.807, 2.05) is 6.26 Å². The van der Waals surface area contributed by atoms with E-state index in [1.165, 1.54) is 0 Å². The summed E-state index contributed by atoms with van der Waals surface area (Å²) >= 11 is 1.57. The Hall–Kier alpha value is -0.190. The highest BCUT2D eigenvalue weighted by atomic mass is 32.2. The molecule has 0 aromatic carbocycles. The Kier molecular flexibility index (Phi) is 7.92. The highest BCUT2D eigenvalue weighted by Crippen LogP contribution is 2.20. The second-order valence-corrected chi connectivity index (χ2v) is 7.10. The molecule has 2 unspecified atom stereocenters. The fraction of sp³-hybridized carbons (Fsp3) is 0.900. The summed E-state index contributed by atoms with van der Waals surface area (Å²) in [5, 5.41) is 2.80. The van der Waals surface area contributed by atoms with Crippen LogP contribution in [0.3, 0.4) is 0 Å². The third-order valence-corrected chi connectivity index (χ3v) is 3.67. The quantitative estimate of drug-likeness (QED) is 0.730. The third kappa shape index (κ3) is 10.7. The highest BCUT2D eigenvalue weighted by molar-refractivity contribution is 7.99. The second kappa shape index (κ2) is 8.01. The van der Waals surface area contributed by atoms with Crippen LogP contribution >= 0.6 is 19.8 Å². The minimum Gasteiger partial charge on any atom is -0.444 e. The number of alkyl carbamates (subject to hydrolysis) is 1. The van der Waals surface area contributed by atoms with Gasteiger partial charge in [0, 0.05) is 18.0 Å². The zero-order valence-corrected chi connectivity index (χ0v) is 12.6. The van der Waals surface area contributed by atoms with Crippen LogP contribution < -0.4 is 5.32 Å². The number of hydrogen-bond donors (Lipinski definition) is 2. The summed E-state index contributed by atoms with van der Waals surface area (Å²) in [6, 6.07) is 0. The SMILES string of the molecule is CSC(CC[PH](=O)O)CNC(=O)OC(C)(C)C. The first-order chi connectivity index (χ1) is 7.74. The average Bonchev–Trinajstić information content (AvgIpc) is 2.14. The standard InChI is InChI=1S/C10H22NO4PS/c1-10(2,3)15-9(12)11-7-8(17-4)5-6-16(13)14/h8,16H,5-7H2,1-4H3,(H,11,12)(H,13,14). The smallest absolute Gasteiger partial charge is 0.407 e. The van der Waals surface area contributed by atoms with Crippen LogP contribution in [0.2, 0.25) is 0 Å². The summed E-state index contributed by atoms with van der Waals surface area (Å²) in [6.45, 7) is 5.86. The number of carbonyl (C=O) groups excluding carboxylic acids is 1. The molecule has 5 nitrogen and oxygen atoms in total. The van der Waals surface area contributed by atoms with Crippen molar-refractivity contribution >= 4 is 25.9 Å². The van der Waals surface area contributed by atoms with E-state index in [0.29, 0.717) is 19.1 Å². The van der Waals surface area contributed by atoms with Crippen molar-refractivity contribution in [3.05, 3.63) is 0 Å². The van der Waals surface area contributed by atoms with Gasteiger partial charge in [0.1, 0.15) is 5.60 Å². The summed E-state index contributed by atoms with van der Waals surface area (Å²) in [6.07, 6.45) is 2.38. The molecule has 102 valence electrons. The van der Waals surface area contributed by atoms with Crippen LogP contribution in [0.15, 0.2) is 0 Å². The molecule has 0 bridgehead atoms. The molecule has 0 rings (SSSR count). The molecule has 2 atom stereocenters. The van der Waals surface area contributed by atoms with Crippen molar-refractivity contribution in [2.45, 2.75) is 38.0 Å². The fourth-order valence-electron chi connectivity index (χ4n) is 1.10. The van der Waals surface area contributed by atoms with Crippen LogP contribution in [0.25, 0.3) is 0 Å². The third-order valence-electron chi connectivity index (χ3n) is 1.89. The number of ether oxygens (including phenoxy) is 1. The first-order valence-corrected chi connectivity index (χ1v) is 8.31. The molecule has 0 aromatic heterocycles. The molecule has 1 amide bonds. The van der Waals surface area contributed by atoms with Crippen LogP contribution in [0.4, 0.5) is 4.79 Å². The zero-order chi connectivity index (χ0) is 13.5. The Morgan fingerprint density at radius 2 is 2.12 bits per heavy atom. The maximum absolute atomic E-state index is 11.4. The van der Waals surface area contributed by atoms with Crippen molar-refractivity contribution in [1.82, 2.24) is 5.32 Å².